The summed E-state index contributed by atoms with van der Waals surface area (Å²) in [6, 6.07) is 8.14. The van der Waals surface area contributed by atoms with Crippen molar-refractivity contribution in [2.24, 2.45) is 7.05 Å². The van der Waals surface area contributed by atoms with Crippen molar-refractivity contribution in [2.45, 2.75) is 33.4 Å². The van der Waals surface area contributed by atoms with Crippen molar-refractivity contribution in [3.8, 4) is 5.75 Å². The molecule has 0 fully saturated rings. The van der Waals surface area contributed by atoms with Gasteiger partial charge in [0.2, 0.25) is 0 Å². The minimum absolute atomic E-state index is 0.529. The molecule has 1 N–H and O–H groups in total. The van der Waals surface area contributed by atoms with E-state index in [1.54, 1.807) is 0 Å². The first kappa shape index (κ1) is 16.0. The smallest absolute Gasteiger partial charge is 0.130 e. The molecule has 0 amide bonds. The first-order valence-corrected chi connectivity index (χ1v) is 8.01. The fraction of sp³-hybridized carbons (Fsp3) is 0.438. The largest absolute Gasteiger partial charge is 0.487 e. The average molecular weight is 352 g/mol. The maximum atomic E-state index is 5.88. The van der Waals surface area contributed by atoms with Gasteiger partial charge in [-0.05, 0) is 49.7 Å². The van der Waals surface area contributed by atoms with E-state index in [-0.39, 0.29) is 0 Å². The summed E-state index contributed by atoms with van der Waals surface area (Å²) in [5.41, 5.74) is 3.29. The van der Waals surface area contributed by atoms with Gasteiger partial charge >= 0.3 is 0 Å². The molecule has 2 rings (SSSR count). The summed E-state index contributed by atoms with van der Waals surface area (Å²) in [5.74, 6) is 0.880. The fourth-order valence-electron chi connectivity index (χ4n) is 2.13. The number of hydrogen-bond donors (Lipinski definition) is 1. The number of benzene rings is 1. The van der Waals surface area contributed by atoms with Crippen LogP contribution in [-0.2, 0) is 20.2 Å². The third-order valence-electron chi connectivity index (χ3n) is 3.25. The zero-order valence-electron chi connectivity index (χ0n) is 12.8. The van der Waals surface area contributed by atoms with E-state index in [4.69, 9.17) is 4.74 Å². The molecule has 0 aliphatic heterocycles. The molecule has 0 unspecified atom stereocenters. The van der Waals surface area contributed by atoms with E-state index in [0.717, 1.165) is 41.1 Å². The van der Waals surface area contributed by atoms with Crippen molar-refractivity contribution in [2.75, 3.05) is 6.54 Å². The molecule has 0 aliphatic rings. The van der Waals surface area contributed by atoms with Crippen LogP contribution in [-0.4, -0.2) is 16.3 Å². The molecule has 5 heteroatoms. The highest BCUT2D eigenvalue weighted by Gasteiger charge is 2.05. The number of nitrogens with one attached hydrogen (secondary N) is 1. The van der Waals surface area contributed by atoms with E-state index in [1.165, 1.54) is 5.56 Å². The predicted octanol–water partition coefficient (Wildman–Crippen LogP) is 3.57. The molecule has 114 valence electrons. The quantitative estimate of drug-likeness (QED) is 0.775. The Morgan fingerprint density at radius 3 is 2.81 bits per heavy atom. The summed E-state index contributed by atoms with van der Waals surface area (Å²) in [4.78, 5) is 0. The predicted molar refractivity (Wildman–Crippen MR) is 88.4 cm³/mol. The molecule has 0 radical (unpaired) electrons. The van der Waals surface area contributed by atoms with Crippen LogP contribution in [0.2, 0.25) is 0 Å². The second-order valence-electron chi connectivity index (χ2n) is 5.12. The number of halogens is 1. The average Bonchev–Trinajstić information content (AvgIpc) is 2.78. The molecule has 2 aromatic rings. The molecule has 0 saturated carbocycles. The summed E-state index contributed by atoms with van der Waals surface area (Å²) >= 11 is 3.58. The summed E-state index contributed by atoms with van der Waals surface area (Å²) < 4.78 is 8.84. The maximum absolute atomic E-state index is 5.88. The second kappa shape index (κ2) is 7.61. The normalized spacial score (nSPS) is 10.9. The van der Waals surface area contributed by atoms with Gasteiger partial charge in [-0.15, -0.1) is 0 Å². The number of aromatic nitrogens is 2. The lowest BCUT2D eigenvalue weighted by atomic mass is 10.2. The van der Waals surface area contributed by atoms with Gasteiger partial charge in [-0.3, -0.25) is 4.68 Å². The third kappa shape index (κ3) is 4.58. The van der Waals surface area contributed by atoms with Crippen LogP contribution in [0.3, 0.4) is 0 Å². The number of nitrogens with zero attached hydrogens (tertiary/aromatic N) is 2. The second-order valence-corrected chi connectivity index (χ2v) is 5.97. The van der Waals surface area contributed by atoms with E-state index in [0.29, 0.717) is 6.61 Å². The lowest BCUT2D eigenvalue weighted by Crippen LogP contribution is -2.14. The summed E-state index contributed by atoms with van der Waals surface area (Å²) in [6.45, 7) is 6.54. The number of rotatable bonds is 7. The molecule has 0 aliphatic carbocycles. The van der Waals surface area contributed by atoms with Crippen LogP contribution in [0.25, 0.3) is 0 Å². The molecule has 0 atom stereocenters. The molecule has 1 aromatic heterocycles. The molecule has 21 heavy (non-hydrogen) atoms. The van der Waals surface area contributed by atoms with Crippen LogP contribution in [0.15, 0.2) is 28.7 Å². The first-order chi connectivity index (χ1) is 10.1. The van der Waals surface area contributed by atoms with E-state index >= 15 is 0 Å². The Morgan fingerprint density at radius 2 is 2.14 bits per heavy atom. The highest BCUT2D eigenvalue weighted by molar-refractivity contribution is 9.10. The Labute approximate surface area is 134 Å². The Morgan fingerprint density at radius 1 is 1.33 bits per heavy atom. The van der Waals surface area contributed by atoms with Crippen molar-refractivity contribution >= 4 is 15.9 Å². The van der Waals surface area contributed by atoms with Gasteiger partial charge in [0.15, 0.2) is 0 Å². The van der Waals surface area contributed by atoms with Crippen molar-refractivity contribution in [3.63, 3.8) is 0 Å². The topological polar surface area (TPSA) is 39.1 Å². The van der Waals surface area contributed by atoms with Crippen LogP contribution in [0.4, 0.5) is 0 Å². The highest BCUT2D eigenvalue weighted by Crippen LogP contribution is 2.23. The van der Waals surface area contributed by atoms with Crippen LogP contribution >= 0.6 is 15.9 Å². The Kier molecular flexibility index (Phi) is 5.82. The zero-order valence-corrected chi connectivity index (χ0v) is 14.4. The Balaban J connectivity index is 2.00. The Hall–Kier alpha value is -1.33. The van der Waals surface area contributed by atoms with Crippen molar-refractivity contribution in [3.05, 3.63) is 45.7 Å². The van der Waals surface area contributed by atoms with Crippen LogP contribution in [0, 0.1) is 6.92 Å². The lowest BCUT2D eigenvalue weighted by molar-refractivity contribution is 0.294. The molecule has 0 bridgehead atoms. The van der Waals surface area contributed by atoms with Crippen LogP contribution < -0.4 is 10.1 Å². The zero-order chi connectivity index (χ0) is 15.2. The fourth-order valence-corrected chi connectivity index (χ4v) is 2.52. The van der Waals surface area contributed by atoms with Crippen molar-refractivity contribution in [1.82, 2.24) is 15.1 Å². The molecule has 0 spiro atoms. The minimum atomic E-state index is 0.529. The maximum Gasteiger partial charge on any atom is 0.130 e. The monoisotopic (exact) mass is 351 g/mol. The van der Waals surface area contributed by atoms with Gasteiger partial charge in [0.25, 0.3) is 0 Å². The van der Waals surface area contributed by atoms with Gasteiger partial charge in [0.1, 0.15) is 12.4 Å². The molecule has 4 nitrogen and oxygen atoms in total. The number of ether oxygens (including phenoxy) is 1. The molecule has 1 heterocycles. The van der Waals surface area contributed by atoms with Gasteiger partial charge in [-0.25, -0.2) is 0 Å². The van der Waals surface area contributed by atoms with Crippen molar-refractivity contribution in [1.29, 1.82) is 0 Å². The molecule has 1 aromatic carbocycles. The van der Waals surface area contributed by atoms with Gasteiger partial charge in [-0.2, -0.15) is 5.10 Å². The van der Waals surface area contributed by atoms with Gasteiger partial charge in [0, 0.05) is 18.1 Å². The lowest BCUT2D eigenvalue weighted by Gasteiger charge is -2.10. The third-order valence-corrected chi connectivity index (χ3v) is 4.02. The van der Waals surface area contributed by atoms with Crippen LogP contribution in [0.1, 0.15) is 30.3 Å². The van der Waals surface area contributed by atoms with E-state index in [1.807, 2.05) is 36.9 Å². The summed E-state index contributed by atoms with van der Waals surface area (Å²) in [5, 5.41) is 7.73. The number of aryl methyl sites for hydroxylation is 2. The van der Waals surface area contributed by atoms with Crippen molar-refractivity contribution < 1.29 is 4.74 Å². The van der Waals surface area contributed by atoms with Gasteiger partial charge < -0.3 is 10.1 Å². The molecule has 0 saturated heterocycles. The van der Waals surface area contributed by atoms with E-state index < -0.39 is 0 Å². The molecular weight excluding hydrogens is 330 g/mol. The summed E-state index contributed by atoms with van der Waals surface area (Å²) in [6.07, 6.45) is 1.13. The van der Waals surface area contributed by atoms with Gasteiger partial charge in [-0.1, -0.05) is 22.9 Å². The molecular formula is C16H22BrN3O. The van der Waals surface area contributed by atoms with Gasteiger partial charge in [0.05, 0.1) is 11.4 Å². The SMILES string of the molecule is CCCNCc1cc(OCc2cc(C)nn2C)ccc1Br. The van der Waals surface area contributed by atoms with E-state index in [9.17, 15) is 0 Å². The Bertz CT molecular complexity index is 595. The minimum Gasteiger partial charge on any atom is -0.487 e. The first-order valence-electron chi connectivity index (χ1n) is 7.21. The van der Waals surface area contributed by atoms with E-state index in [2.05, 4.69) is 39.3 Å². The number of hydrogen-bond acceptors (Lipinski definition) is 3. The summed E-state index contributed by atoms with van der Waals surface area (Å²) in [7, 11) is 1.94. The standard InChI is InChI=1S/C16H22BrN3O/c1-4-7-18-10-13-9-15(5-6-16(13)17)21-11-14-8-12(2)19-20(14)3/h5-6,8-9,18H,4,7,10-11H2,1-3H3. The highest BCUT2D eigenvalue weighted by atomic mass is 79.9. The van der Waals surface area contributed by atoms with Crippen LogP contribution in [0.5, 0.6) is 5.75 Å².